The molecule has 0 aliphatic rings. The molecule has 2 amide bonds. The van der Waals surface area contributed by atoms with Crippen LogP contribution >= 0.6 is 11.6 Å². The summed E-state index contributed by atoms with van der Waals surface area (Å²) in [5.74, 6) is -1.71. The molecule has 2 N–H and O–H groups in total. The Labute approximate surface area is 184 Å². The number of alkyl carbamates (subject to hydrolysis) is 1. The zero-order valence-corrected chi connectivity index (χ0v) is 17.7. The predicted molar refractivity (Wildman–Crippen MR) is 114 cm³/mol. The number of rotatable bonds is 10. The maximum absolute atomic E-state index is 12.2. The van der Waals surface area contributed by atoms with Crippen LogP contribution in [-0.2, 0) is 25.7 Å². The van der Waals surface area contributed by atoms with E-state index in [-0.39, 0.29) is 25.5 Å². The second-order valence-electron chi connectivity index (χ2n) is 6.42. The molecule has 1 atom stereocenters. The Bertz CT molecular complexity index is 902. The first-order valence-electron chi connectivity index (χ1n) is 9.58. The van der Waals surface area contributed by atoms with E-state index >= 15 is 0 Å². The predicted octanol–water partition coefficient (Wildman–Crippen LogP) is 2.89. The van der Waals surface area contributed by atoms with Gasteiger partial charge in [-0.1, -0.05) is 41.9 Å². The van der Waals surface area contributed by atoms with Gasteiger partial charge in [0.15, 0.2) is 5.78 Å². The van der Waals surface area contributed by atoms with Crippen molar-refractivity contribution in [1.82, 2.24) is 10.6 Å². The Morgan fingerprint density at radius 2 is 1.65 bits per heavy atom. The van der Waals surface area contributed by atoms with E-state index < -0.39 is 30.4 Å². The molecule has 0 saturated carbocycles. The van der Waals surface area contributed by atoms with E-state index in [2.05, 4.69) is 10.6 Å². The number of benzene rings is 2. The molecule has 2 aromatic carbocycles. The Morgan fingerprint density at radius 1 is 0.968 bits per heavy atom. The van der Waals surface area contributed by atoms with Gasteiger partial charge in [-0.3, -0.25) is 9.59 Å². The number of ether oxygens (including phenoxy) is 2. The fraction of sp³-hybridized carbons (Fsp3) is 0.273. The van der Waals surface area contributed by atoms with Crippen LogP contribution in [0, 0.1) is 0 Å². The smallest absolute Gasteiger partial charge is 0.408 e. The van der Waals surface area contributed by atoms with Crippen LogP contribution in [0.5, 0.6) is 0 Å². The second-order valence-corrected chi connectivity index (χ2v) is 6.86. The van der Waals surface area contributed by atoms with Crippen LogP contribution in [0.2, 0.25) is 5.02 Å². The normalized spacial score (nSPS) is 11.2. The highest BCUT2D eigenvalue weighted by Gasteiger charge is 2.26. The Morgan fingerprint density at radius 3 is 2.29 bits per heavy atom. The van der Waals surface area contributed by atoms with Gasteiger partial charge in [0.25, 0.3) is 0 Å². The fourth-order valence-electron chi connectivity index (χ4n) is 2.52. The van der Waals surface area contributed by atoms with Crippen LogP contribution in [0.3, 0.4) is 0 Å². The summed E-state index contributed by atoms with van der Waals surface area (Å²) in [6.07, 6.45) is -1.28. The summed E-state index contributed by atoms with van der Waals surface area (Å²) < 4.78 is 9.99. The van der Waals surface area contributed by atoms with Crippen molar-refractivity contribution in [2.45, 2.75) is 26.0 Å². The van der Waals surface area contributed by atoms with E-state index in [9.17, 15) is 19.2 Å². The number of amides is 2. The summed E-state index contributed by atoms with van der Waals surface area (Å²) >= 11 is 5.79. The van der Waals surface area contributed by atoms with Crippen molar-refractivity contribution < 1.29 is 28.7 Å². The van der Waals surface area contributed by atoms with Gasteiger partial charge in [0.2, 0.25) is 5.91 Å². The van der Waals surface area contributed by atoms with Gasteiger partial charge in [-0.15, -0.1) is 0 Å². The quantitative estimate of drug-likeness (QED) is 0.429. The summed E-state index contributed by atoms with van der Waals surface area (Å²) in [7, 11) is 0. The van der Waals surface area contributed by atoms with Gasteiger partial charge in [-0.05, 0) is 36.8 Å². The monoisotopic (exact) mass is 446 g/mol. The standard InChI is InChI=1S/C22H23ClN2O6/c1-2-30-21(28)18(25-22(29)31-14-15-6-4-3-5-7-15)12-20(27)24-13-19(26)16-8-10-17(23)11-9-16/h3-11,18H,2,12-14H2,1H3,(H,24,27)(H,25,29)/t18-/m0/s1. The lowest BCUT2D eigenvalue weighted by molar-refractivity contribution is -0.147. The van der Waals surface area contributed by atoms with Crippen molar-refractivity contribution in [2.75, 3.05) is 13.2 Å². The van der Waals surface area contributed by atoms with Crippen LogP contribution in [0.25, 0.3) is 0 Å². The molecule has 0 fully saturated rings. The molecule has 8 nitrogen and oxygen atoms in total. The summed E-state index contributed by atoms with van der Waals surface area (Å²) in [6.45, 7) is 1.42. The van der Waals surface area contributed by atoms with E-state index in [0.29, 0.717) is 10.6 Å². The first-order chi connectivity index (χ1) is 14.9. The van der Waals surface area contributed by atoms with Gasteiger partial charge in [0, 0.05) is 10.6 Å². The minimum Gasteiger partial charge on any atom is -0.464 e. The molecule has 31 heavy (non-hydrogen) atoms. The summed E-state index contributed by atoms with van der Waals surface area (Å²) in [6, 6.07) is 14.0. The van der Waals surface area contributed by atoms with E-state index in [1.54, 1.807) is 55.5 Å². The molecule has 0 radical (unpaired) electrons. The minimum atomic E-state index is -1.26. The summed E-state index contributed by atoms with van der Waals surface area (Å²) in [5.41, 5.74) is 1.15. The fourth-order valence-corrected chi connectivity index (χ4v) is 2.64. The molecular weight excluding hydrogens is 424 g/mol. The molecule has 164 valence electrons. The van der Waals surface area contributed by atoms with Crippen LogP contribution in [0.4, 0.5) is 4.79 Å². The third-order valence-electron chi connectivity index (χ3n) is 4.08. The van der Waals surface area contributed by atoms with Gasteiger partial charge in [0.1, 0.15) is 12.6 Å². The number of hydrogen-bond acceptors (Lipinski definition) is 6. The topological polar surface area (TPSA) is 111 Å². The van der Waals surface area contributed by atoms with Crippen molar-refractivity contribution in [3.05, 3.63) is 70.7 Å². The molecular formula is C22H23ClN2O6. The zero-order chi connectivity index (χ0) is 22.6. The van der Waals surface area contributed by atoms with Crippen LogP contribution < -0.4 is 10.6 Å². The van der Waals surface area contributed by atoms with E-state index in [4.69, 9.17) is 21.1 Å². The molecule has 0 spiro atoms. The molecule has 9 heteroatoms. The van der Waals surface area contributed by atoms with Crippen LogP contribution in [0.1, 0.15) is 29.3 Å². The Balaban J connectivity index is 1.87. The zero-order valence-electron chi connectivity index (χ0n) is 16.9. The molecule has 2 aromatic rings. The lowest BCUT2D eigenvalue weighted by atomic mass is 10.1. The van der Waals surface area contributed by atoms with Crippen LogP contribution in [-0.4, -0.2) is 42.9 Å². The first-order valence-corrected chi connectivity index (χ1v) is 9.96. The molecule has 0 unspecified atom stereocenters. The van der Waals surface area contributed by atoms with Crippen LogP contribution in [0.15, 0.2) is 54.6 Å². The van der Waals surface area contributed by atoms with Gasteiger partial charge in [0.05, 0.1) is 19.6 Å². The molecule has 2 rings (SSSR count). The SMILES string of the molecule is CCOC(=O)[C@H](CC(=O)NCC(=O)c1ccc(Cl)cc1)NC(=O)OCc1ccccc1. The van der Waals surface area contributed by atoms with Crippen molar-refractivity contribution >= 4 is 35.4 Å². The number of Topliss-reactive ketones (excluding diaryl/α,β-unsaturated/α-hetero) is 1. The number of hydrogen-bond donors (Lipinski definition) is 2. The molecule has 0 heterocycles. The average molecular weight is 447 g/mol. The number of halogens is 1. The maximum atomic E-state index is 12.2. The summed E-state index contributed by atoms with van der Waals surface area (Å²) in [4.78, 5) is 48.6. The highest BCUT2D eigenvalue weighted by atomic mass is 35.5. The third kappa shape index (κ3) is 8.47. The summed E-state index contributed by atoms with van der Waals surface area (Å²) in [5, 5.41) is 5.25. The van der Waals surface area contributed by atoms with Crippen molar-refractivity contribution in [1.29, 1.82) is 0 Å². The van der Waals surface area contributed by atoms with Crippen molar-refractivity contribution in [3.63, 3.8) is 0 Å². The lowest BCUT2D eigenvalue weighted by Gasteiger charge is -2.17. The number of nitrogens with one attached hydrogen (secondary N) is 2. The Hall–Kier alpha value is -3.39. The number of esters is 1. The minimum absolute atomic E-state index is 0.00398. The van der Waals surface area contributed by atoms with Gasteiger partial charge in [-0.2, -0.15) is 0 Å². The maximum Gasteiger partial charge on any atom is 0.408 e. The van der Waals surface area contributed by atoms with Gasteiger partial charge < -0.3 is 20.1 Å². The van der Waals surface area contributed by atoms with Gasteiger partial charge in [-0.25, -0.2) is 9.59 Å². The van der Waals surface area contributed by atoms with Crippen molar-refractivity contribution in [3.8, 4) is 0 Å². The molecule has 0 aromatic heterocycles. The van der Waals surface area contributed by atoms with E-state index in [0.717, 1.165) is 5.56 Å². The Kier molecular flexibility index (Phi) is 9.51. The largest absolute Gasteiger partial charge is 0.464 e. The highest BCUT2D eigenvalue weighted by molar-refractivity contribution is 6.30. The third-order valence-corrected chi connectivity index (χ3v) is 4.33. The number of carbonyl (C=O) groups is 4. The second kappa shape index (κ2) is 12.3. The van der Waals surface area contributed by atoms with E-state index in [1.165, 1.54) is 0 Å². The molecule has 0 bridgehead atoms. The average Bonchev–Trinajstić information content (AvgIpc) is 2.77. The van der Waals surface area contributed by atoms with Gasteiger partial charge >= 0.3 is 12.1 Å². The first kappa shape index (κ1) is 23.9. The lowest BCUT2D eigenvalue weighted by Crippen LogP contribution is -2.45. The highest BCUT2D eigenvalue weighted by Crippen LogP contribution is 2.10. The van der Waals surface area contributed by atoms with E-state index in [1.807, 2.05) is 6.07 Å². The number of carbonyl (C=O) groups excluding carboxylic acids is 4. The molecule has 0 aliphatic heterocycles. The number of ketones is 1. The van der Waals surface area contributed by atoms with Crippen molar-refractivity contribution in [2.24, 2.45) is 0 Å². The molecule has 0 aliphatic carbocycles. The molecule has 0 saturated heterocycles.